The topological polar surface area (TPSA) is 55.3 Å². The Morgan fingerprint density at radius 2 is 1.85 bits per heavy atom. The van der Waals surface area contributed by atoms with Crippen LogP contribution in [-0.2, 0) is 11.2 Å². The SMILES string of the molecule is COc1ccccc1C(C)N(C)C(=O)CCc1c(C)nc(SC)nc1C. The lowest BCUT2D eigenvalue weighted by Crippen LogP contribution is -2.30. The molecule has 2 rings (SSSR count). The number of methoxy groups -OCH3 is 1. The highest BCUT2D eigenvalue weighted by Gasteiger charge is 2.20. The minimum Gasteiger partial charge on any atom is -0.496 e. The third kappa shape index (κ3) is 4.55. The minimum atomic E-state index is -0.0593. The summed E-state index contributed by atoms with van der Waals surface area (Å²) in [6.07, 6.45) is 3.04. The number of hydrogen-bond donors (Lipinski definition) is 0. The van der Waals surface area contributed by atoms with Crippen molar-refractivity contribution in [2.45, 2.75) is 44.8 Å². The number of rotatable bonds is 7. The van der Waals surface area contributed by atoms with Gasteiger partial charge in [0, 0.05) is 30.4 Å². The molecule has 0 aliphatic carbocycles. The van der Waals surface area contributed by atoms with Crippen molar-refractivity contribution >= 4 is 17.7 Å². The first-order valence-corrected chi connectivity index (χ1v) is 9.88. The van der Waals surface area contributed by atoms with Crippen molar-refractivity contribution in [1.29, 1.82) is 0 Å². The summed E-state index contributed by atoms with van der Waals surface area (Å²) in [5.74, 6) is 0.892. The van der Waals surface area contributed by atoms with Crippen molar-refractivity contribution in [2.24, 2.45) is 0 Å². The molecule has 0 N–H and O–H groups in total. The molecule has 1 unspecified atom stereocenters. The summed E-state index contributed by atoms with van der Waals surface area (Å²) in [4.78, 5) is 23.5. The molecule has 1 heterocycles. The highest BCUT2D eigenvalue weighted by molar-refractivity contribution is 7.98. The summed E-state index contributed by atoms with van der Waals surface area (Å²) < 4.78 is 5.42. The predicted octanol–water partition coefficient (Wildman–Crippen LogP) is 3.98. The van der Waals surface area contributed by atoms with Crippen molar-refractivity contribution in [3.05, 3.63) is 46.8 Å². The predicted molar refractivity (Wildman–Crippen MR) is 106 cm³/mol. The summed E-state index contributed by atoms with van der Waals surface area (Å²) >= 11 is 1.53. The maximum Gasteiger partial charge on any atom is 0.223 e. The van der Waals surface area contributed by atoms with E-state index >= 15 is 0 Å². The zero-order valence-electron chi connectivity index (χ0n) is 16.4. The molecule has 0 aliphatic heterocycles. The Morgan fingerprint density at radius 3 is 2.42 bits per heavy atom. The summed E-state index contributed by atoms with van der Waals surface area (Å²) in [6.45, 7) is 5.98. The highest BCUT2D eigenvalue weighted by Crippen LogP contribution is 2.28. The van der Waals surface area contributed by atoms with Gasteiger partial charge in [-0.05, 0) is 45.1 Å². The maximum absolute atomic E-state index is 12.7. The molecule has 0 saturated carbocycles. The van der Waals surface area contributed by atoms with Crippen molar-refractivity contribution < 1.29 is 9.53 Å². The molecular formula is C20H27N3O2S. The molecule has 0 bridgehead atoms. The van der Waals surface area contributed by atoms with Crippen LogP contribution in [0.2, 0.25) is 0 Å². The summed E-state index contributed by atoms with van der Waals surface area (Å²) in [5.41, 5.74) is 3.98. The van der Waals surface area contributed by atoms with E-state index < -0.39 is 0 Å². The van der Waals surface area contributed by atoms with Crippen LogP contribution in [0.5, 0.6) is 5.75 Å². The second-order valence-corrected chi connectivity index (χ2v) is 7.06. The molecule has 26 heavy (non-hydrogen) atoms. The van der Waals surface area contributed by atoms with Gasteiger partial charge in [-0.25, -0.2) is 9.97 Å². The number of nitrogens with zero attached hydrogens (tertiary/aromatic N) is 3. The Hall–Kier alpha value is -2.08. The smallest absolute Gasteiger partial charge is 0.223 e. The number of para-hydroxylation sites is 1. The summed E-state index contributed by atoms with van der Waals surface area (Å²) in [6, 6.07) is 7.75. The number of ether oxygens (including phenoxy) is 1. The summed E-state index contributed by atoms with van der Waals surface area (Å²) in [5, 5.41) is 0.775. The van der Waals surface area contributed by atoms with Crippen molar-refractivity contribution in [2.75, 3.05) is 20.4 Å². The average Bonchev–Trinajstić information content (AvgIpc) is 2.65. The molecule has 1 amide bonds. The third-order valence-corrected chi connectivity index (χ3v) is 5.28. The highest BCUT2D eigenvalue weighted by atomic mass is 32.2. The van der Waals surface area contributed by atoms with E-state index in [1.54, 1.807) is 12.0 Å². The van der Waals surface area contributed by atoms with E-state index in [0.717, 1.165) is 33.4 Å². The molecule has 5 nitrogen and oxygen atoms in total. The molecule has 1 aromatic carbocycles. The van der Waals surface area contributed by atoms with Gasteiger partial charge >= 0.3 is 0 Å². The van der Waals surface area contributed by atoms with E-state index in [1.165, 1.54) is 11.8 Å². The van der Waals surface area contributed by atoms with E-state index in [9.17, 15) is 4.79 Å². The zero-order valence-corrected chi connectivity index (χ0v) is 17.2. The number of hydrogen-bond acceptors (Lipinski definition) is 5. The van der Waals surface area contributed by atoms with Crippen LogP contribution in [0.15, 0.2) is 29.4 Å². The lowest BCUT2D eigenvalue weighted by atomic mass is 10.0. The van der Waals surface area contributed by atoms with Gasteiger partial charge in [-0.15, -0.1) is 0 Å². The fourth-order valence-electron chi connectivity index (χ4n) is 3.01. The Balaban J connectivity index is 2.08. The number of carbonyl (C=O) groups excluding carboxylic acids is 1. The molecule has 6 heteroatoms. The molecule has 1 atom stereocenters. The molecule has 0 radical (unpaired) electrons. The standard InChI is InChI=1S/C20H27N3O2S/c1-13-16(14(2)22-20(21-13)26-6)11-12-19(24)23(4)15(3)17-9-7-8-10-18(17)25-5/h7-10,15H,11-12H2,1-6H3. The Labute approximate surface area is 160 Å². The van der Waals surface area contributed by atoms with Crippen LogP contribution in [-0.4, -0.2) is 41.2 Å². The van der Waals surface area contributed by atoms with E-state index in [4.69, 9.17) is 4.74 Å². The van der Waals surface area contributed by atoms with Gasteiger partial charge < -0.3 is 9.64 Å². The van der Waals surface area contributed by atoms with Gasteiger partial charge in [-0.1, -0.05) is 30.0 Å². The molecule has 140 valence electrons. The fraction of sp³-hybridized carbons (Fsp3) is 0.450. The normalized spacial score (nSPS) is 11.9. The molecule has 0 aliphatic rings. The number of aryl methyl sites for hydroxylation is 2. The fourth-order valence-corrected chi connectivity index (χ4v) is 3.46. The van der Waals surface area contributed by atoms with Crippen molar-refractivity contribution in [3.8, 4) is 5.75 Å². The van der Waals surface area contributed by atoms with Gasteiger partial charge in [0.2, 0.25) is 5.91 Å². The van der Waals surface area contributed by atoms with Gasteiger partial charge in [0.15, 0.2) is 5.16 Å². The monoisotopic (exact) mass is 373 g/mol. The number of amides is 1. The number of carbonyl (C=O) groups is 1. The third-order valence-electron chi connectivity index (χ3n) is 4.73. The second-order valence-electron chi connectivity index (χ2n) is 6.28. The van der Waals surface area contributed by atoms with E-state index in [1.807, 2.05) is 58.3 Å². The molecule has 2 aromatic rings. The van der Waals surface area contributed by atoms with Crippen LogP contribution in [0.25, 0.3) is 0 Å². The van der Waals surface area contributed by atoms with Crippen LogP contribution < -0.4 is 4.74 Å². The average molecular weight is 374 g/mol. The van der Waals surface area contributed by atoms with Crippen LogP contribution in [0.4, 0.5) is 0 Å². The molecule has 1 aromatic heterocycles. The van der Waals surface area contributed by atoms with Crippen LogP contribution in [0, 0.1) is 13.8 Å². The number of aromatic nitrogens is 2. The van der Waals surface area contributed by atoms with Gasteiger partial charge in [-0.2, -0.15) is 0 Å². The Kier molecular flexibility index (Phi) is 7.03. The molecule has 0 spiro atoms. The van der Waals surface area contributed by atoms with Crippen LogP contribution in [0.3, 0.4) is 0 Å². The van der Waals surface area contributed by atoms with E-state index in [0.29, 0.717) is 12.8 Å². The second kappa shape index (κ2) is 9.03. The van der Waals surface area contributed by atoms with Gasteiger partial charge in [0.25, 0.3) is 0 Å². The minimum absolute atomic E-state index is 0.0593. The quantitative estimate of drug-likeness (QED) is 0.543. The Bertz CT molecular complexity index is 756. The lowest BCUT2D eigenvalue weighted by Gasteiger charge is -2.27. The molecule has 0 fully saturated rings. The maximum atomic E-state index is 12.7. The van der Waals surface area contributed by atoms with Crippen molar-refractivity contribution in [3.63, 3.8) is 0 Å². The van der Waals surface area contributed by atoms with Gasteiger partial charge in [0.05, 0.1) is 13.2 Å². The van der Waals surface area contributed by atoms with E-state index in [2.05, 4.69) is 9.97 Å². The van der Waals surface area contributed by atoms with Crippen LogP contribution in [0.1, 0.15) is 41.9 Å². The first-order valence-electron chi connectivity index (χ1n) is 8.65. The van der Waals surface area contributed by atoms with Crippen molar-refractivity contribution in [1.82, 2.24) is 14.9 Å². The number of thioether (sulfide) groups is 1. The largest absolute Gasteiger partial charge is 0.496 e. The summed E-state index contributed by atoms with van der Waals surface area (Å²) in [7, 11) is 3.49. The Morgan fingerprint density at radius 1 is 1.23 bits per heavy atom. The first-order chi connectivity index (χ1) is 12.4. The number of benzene rings is 1. The van der Waals surface area contributed by atoms with Gasteiger partial charge in [0.1, 0.15) is 5.75 Å². The van der Waals surface area contributed by atoms with Gasteiger partial charge in [-0.3, -0.25) is 4.79 Å². The molecule has 0 saturated heterocycles. The van der Waals surface area contributed by atoms with Crippen LogP contribution >= 0.6 is 11.8 Å². The van der Waals surface area contributed by atoms with E-state index in [-0.39, 0.29) is 11.9 Å². The molecular weight excluding hydrogens is 346 g/mol. The lowest BCUT2D eigenvalue weighted by molar-refractivity contribution is -0.131. The zero-order chi connectivity index (χ0) is 19.3. The first kappa shape index (κ1) is 20.2.